The first-order chi connectivity index (χ1) is 20.8. The summed E-state index contributed by atoms with van der Waals surface area (Å²) >= 11 is 0. The number of rotatable bonds is 6. The fourth-order valence-corrected chi connectivity index (χ4v) is 5.19. The van der Waals surface area contributed by atoms with Crippen molar-refractivity contribution >= 4 is 0 Å². The summed E-state index contributed by atoms with van der Waals surface area (Å²) in [4.78, 5) is 15.1. The predicted molar refractivity (Wildman–Crippen MR) is 172 cm³/mol. The second kappa shape index (κ2) is 11.4. The molecule has 0 aliphatic rings. The van der Waals surface area contributed by atoms with E-state index in [0.717, 1.165) is 44.5 Å². The lowest BCUT2D eigenvalue weighted by Crippen LogP contribution is -2.01. The maximum Gasteiger partial charge on any atom is 0.164 e. The van der Waals surface area contributed by atoms with Crippen molar-refractivity contribution in [2.75, 3.05) is 0 Å². The Labute approximate surface area is 245 Å². The highest BCUT2D eigenvalue weighted by Crippen LogP contribution is 2.36. The molecule has 0 atom stereocenters. The molecular formula is C39H27N3. The van der Waals surface area contributed by atoms with Gasteiger partial charge < -0.3 is 0 Å². The third kappa shape index (κ3) is 5.24. The summed E-state index contributed by atoms with van der Waals surface area (Å²) in [7, 11) is 0. The maximum absolute atomic E-state index is 5.10. The van der Waals surface area contributed by atoms with E-state index < -0.39 is 0 Å². The molecule has 0 fully saturated rings. The second-order valence-electron chi connectivity index (χ2n) is 10.1. The standard InChI is InChI=1S/C39H27N3/c1-5-13-28(14-6-1)30-21-23-33(24-22-30)38-40-37(32-19-11-4-12-20-32)41-39(42-38)36-27-34(29-15-7-2-8-16-29)25-26-35(36)31-17-9-3-10-18-31/h1-27H. The summed E-state index contributed by atoms with van der Waals surface area (Å²) in [5, 5.41) is 0. The molecule has 0 N–H and O–H groups in total. The van der Waals surface area contributed by atoms with Gasteiger partial charge in [-0.05, 0) is 39.4 Å². The summed E-state index contributed by atoms with van der Waals surface area (Å²) < 4.78 is 0. The molecular weight excluding hydrogens is 510 g/mol. The molecule has 7 aromatic rings. The van der Waals surface area contributed by atoms with Gasteiger partial charge >= 0.3 is 0 Å². The minimum atomic E-state index is 0.641. The van der Waals surface area contributed by atoms with Gasteiger partial charge in [-0.1, -0.05) is 158 Å². The molecule has 0 saturated heterocycles. The van der Waals surface area contributed by atoms with E-state index in [-0.39, 0.29) is 0 Å². The van der Waals surface area contributed by atoms with Crippen LogP contribution in [0.1, 0.15) is 0 Å². The fraction of sp³-hybridized carbons (Fsp3) is 0. The Morgan fingerprint density at radius 2 is 0.595 bits per heavy atom. The smallest absolute Gasteiger partial charge is 0.164 e. The van der Waals surface area contributed by atoms with Crippen LogP contribution in [0, 0.1) is 0 Å². The van der Waals surface area contributed by atoms with Gasteiger partial charge in [-0.2, -0.15) is 0 Å². The molecule has 6 aromatic carbocycles. The van der Waals surface area contributed by atoms with Crippen molar-refractivity contribution in [3.63, 3.8) is 0 Å². The molecule has 0 spiro atoms. The molecule has 0 aliphatic heterocycles. The van der Waals surface area contributed by atoms with E-state index in [9.17, 15) is 0 Å². The Kier molecular flexibility index (Phi) is 6.89. The highest BCUT2D eigenvalue weighted by Gasteiger charge is 2.17. The molecule has 3 heteroatoms. The maximum atomic E-state index is 5.10. The van der Waals surface area contributed by atoms with Gasteiger partial charge in [0, 0.05) is 16.7 Å². The van der Waals surface area contributed by atoms with E-state index in [1.807, 2.05) is 48.5 Å². The van der Waals surface area contributed by atoms with E-state index in [1.54, 1.807) is 0 Å². The highest BCUT2D eigenvalue weighted by atomic mass is 15.0. The molecule has 198 valence electrons. The number of aromatic nitrogens is 3. The highest BCUT2D eigenvalue weighted by molar-refractivity contribution is 5.85. The van der Waals surface area contributed by atoms with Gasteiger partial charge in [0.15, 0.2) is 17.5 Å². The third-order valence-corrected chi connectivity index (χ3v) is 7.37. The Morgan fingerprint density at radius 3 is 1.14 bits per heavy atom. The number of hydrogen-bond donors (Lipinski definition) is 0. The monoisotopic (exact) mass is 537 g/mol. The molecule has 42 heavy (non-hydrogen) atoms. The second-order valence-corrected chi connectivity index (χ2v) is 10.1. The van der Waals surface area contributed by atoms with Gasteiger partial charge in [0.1, 0.15) is 0 Å². The van der Waals surface area contributed by atoms with Crippen LogP contribution in [0.25, 0.3) is 67.5 Å². The third-order valence-electron chi connectivity index (χ3n) is 7.37. The molecule has 0 saturated carbocycles. The summed E-state index contributed by atoms with van der Waals surface area (Å²) in [5.74, 6) is 1.93. The van der Waals surface area contributed by atoms with Crippen LogP contribution in [0.3, 0.4) is 0 Å². The largest absolute Gasteiger partial charge is 0.208 e. The zero-order valence-corrected chi connectivity index (χ0v) is 22.9. The number of benzene rings is 6. The predicted octanol–water partition coefficient (Wildman–Crippen LogP) is 9.87. The SMILES string of the molecule is c1ccc(-c2ccc(-c3nc(-c4ccccc4)nc(-c4cc(-c5ccccc5)ccc4-c4ccccc4)n3)cc2)cc1. The van der Waals surface area contributed by atoms with E-state index in [1.165, 1.54) is 5.56 Å². The number of nitrogens with zero attached hydrogens (tertiary/aromatic N) is 3. The van der Waals surface area contributed by atoms with Gasteiger partial charge in [0.05, 0.1) is 0 Å². The fourth-order valence-electron chi connectivity index (χ4n) is 5.19. The van der Waals surface area contributed by atoms with Crippen LogP contribution in [0.4, 0.5) is 0 Å². The van der Waals surface area contributed by atoms with Gasteiger partial charge in [-0.15, -0.1) is 0 Å². The zero-order valence-electron chi connectivity index (χ0n) is 22.9. The van der Waals surface area contributed by atoms with E-state index in [0.29, 0.717) is 17.5 Å². The van der Waals surface area contributed by atoms with Crippen LogP contribution in [0.15, 0.2) is 164 Å². The summed E-state index contributed by atoms with van der Waals surface area (Å²) in [6, 6.07) is 56.3. The van der Waals surface area contributed by atoms with Crippen molar-refractivity contribution in [1.29, 1.82) is 0 Å². The minimum Gasteiger partial charge on any atom is -0.208 e. The summed E-state index contributed by atoms with van der Waals surface area (Å²) in [6.07, 6.45) is 0. The summed E-state index contributed by atoms with van der Waals surface area (Å²) in [6.45, 7) is 0. The van der Waals surface area contributed by atoms with Gasteiger partial charge in [0.25, 0.3) is 0 Å². The average Bonchev–Trinajstić information content (AvgIpc) is 3.09. The van der Waals surface area contributed by atoms with Gasteiger partial charge in [-0.3, -0.25) is 0 Å². The van der Waals surface area contributed by atoms with Crippen molar-refractivity contribution in [2.24, 2.45) is 0 Å². The van der Waals surface area contributed by atoms with Crippen LogP contribution in [-0.4, -0.2) is 15.0 Å². The van der Waals surface area contributed by atoms with Crippen molar-refractivity contribution < 1.29 is 0 Å². The average molecular weight is 538 g/mol. The van der Waals surface area contributed by atoms with E-state index in [2.05, 4.69) is 115 Å². The molecule has 1 heterocycles. The Morgan fingerprint density at radius 1 is 0.238 bits per heavy atom. The van der Waals surface area contributed by atoms with Crippen LogP contribution in [-0.2, 0) is 0 Å². The van der Waals surface area contributed by atoms with Crippen molar-refractivity contribution in [2.45, 2.75) is 0 Å². The quantitative estimate of drug-likeness (QED) is 0.212. The molecule has 0 amide bonds. The first kappa shape index (κ1) is 25.3. The zero-order chi connectivity index (χ0) is 28.1. The lowest BCUT2D eigenvalue weighted by molar-refractivity contribution is 1.07. The summed E-state index contributed by atoms with van der Waals surface area (Å²) in [5.41, 5.74) is 9.63. The van der Waals surface area contributed by atoms with Crippen LogP contribution >= 0.6 is 0 Å². The topological polar surface area (TPSA) is 38.7 Å². The molecule has 0 unspecified atom stereocenters. The van der Waals surface area contributed by atoms with Crippen LogP contribution in [0.5, 0.6) is 0 Å². The molecule has 0 radical (unpaired) electrons. The lowest BCUT2D eigenvalue weighted by Gasteiger charge is -2.14. The molecule has 0 aliphatic carbocycles. The molecule has 1 aromatic heterocycles. The number of hydrogen-bond acceptors (Lipinski definition) is 3. The molecule has 0 bridgehead atoms. The van der Waals surface area contributed by atoms with Crippen molar-refractivity contribution in [1.82, 2.24) is 15.0 Å². The van der Waals surface area contributed by atoms with E-state index in [4.69, 9.17) is 15.0 Å². The first-order valence-corrected chi connectivity index (χ1v) is 14.0. The molecule has 7 rings (SSSR count). The molecule has 3 nitrogen and oxygen atoms in total. The van der Waals surface area contributed by atoms with Crippen molar-refractivity contribution in [3.05, 3.63) is 164 Å². The van der Waals surface area contributed by atoms with Gasteiger partial charge in [-0.25, -0.2) is 15.0 Å². The normalized spacial score (nSPS) is 10.9. The van der Waals surface area contributed by atoms with Crippen LogP contribution < -0.4 is 0 Å². The van der Waals surface area contributed by atoms with Crippen molar-refractivity contribution in [3.8, 4) is 67.5 Å². The van der Waals surface area contributed by atoms with Gasteiger partial charge in [0.2, 0.25) is 0 Å². The van der Waals surface area contributed by atoms with Crippen LogP contribution in [0.2, 0.25) is 0 Å². The van der Waals surface area contributed by atoms with E-state index >= 15 is 0 Å². The lowest BCUT2D eigenvalue weighted by atomic mass is 9.94. The Bertz CT molecular complexity index is 1940. The Hall–Kier alpha value is -5.67. The first-order valence-electron chi connectivity index (χ1n) is 14.0. The Balaban J connectivity index is 1.42. The minimum absolute atomic E-state index is 0.641.